The first-order valence-corrected chi connectivity index (χ1v) is 7.05. The average Bonchev–Trinajstić information content (AvgIpc) is 3.10. The van der Waals surface area contributed by atoms with Gasteiger partial charge >= 0.3 is 6.18 Å². The largest absolute Gasteiger partial charge is 0.406 e. The van der Waals surface area contributed by atoms with Crippen LogP contribution in [-0.4, -0.2) is 31.4 Å². The van der Waals surface area contributed by atoms with Crippen LogP contribution in [0.5, 0.6) is 0 Å². The molecular weight excluding hydrogens is 337 g/mol. The van der Waals surface area contributed by atoms with Gasteiger partial charge in [-0.2, -0.15) is 23.5 Å². The van der Waals surface area contributed by atoms with E-state index in [-0.39, 0.29) is 28.2 Å². The number of aromatic nitrogens is 4. The van der Waals surface area contributed by atoms with Crippen LogP contribution in [0, 0.1) is 11.3 Å². The van der Waals surface area contributed by atoms with Gasteiger partial charge in [-0.25, -0.2) is 4.98 Å². The number of carbonyl (C=O) groups is 1. The van der Waals surface area contributed by atoms with Crippen LogP contribution in [0.25, 0.3) is 11.0 Å². The summed E-state index contributed by atoms with van der Waals surface area (Å²) in [6.07, 6.45) is -2.99. The quantitative estimate of drug-likeness (QED) is 0.787. The van der Waals surface area contributed by atoms with Gasteiger partial charge in [0.2, 0.25) is 5.95 Å². The minimum Gasteiger partial charge on any atom is -0.301 e. The van der Waals surface area contributed by atoms with Crippen LogP contribution < -0.4 is 5.32 Å². The molecule has 0 aliphatic carbocycles. The molecule has 0 bridgehead atoms. The minimum atomic E-state index is -4.53. The summed E-state index contributed by atoms with van der Waals surface area (Å²) in [5, 5.41) is 15.2. The molecular formula is C15H11F3N6O. The third kappa shape index (κ3) is 3.45. The van der Waals surface area contributed by atoms with E-state index in [2.05, 4.69) is 15.4 Å². The summed E-state index contributed by atoms with van der Waals surface area (Å²) in [6, 6.07) is 7.46. The highest BCUT2D eigenvalue weighted by Crippen LogP contribution is 2.26. The maximum Gasteiger partial charge on any atom is 0.406 e. The van der Waals surface area contributed by atoms with E-state index < -0.39 is 18.6 Å². The predicted octanol–water partition coefficient (Wildman–Crippen LogP) is 2.46. The van der Waals surface area contributed by atoms with Crippen molar-refractivity contribution in [2.24, 2.45) is 7.05 Å². The van der Waals surface area contributed by atoms with Crippen LogP contribution in [0.4, 0.5) is 19.1 Å². The van der Waals surface area contributed by atoms with Crippen LogP contribution in [0.15, 0.2) is 30.5 Å². The van der Waals surface area contributed by atoms with Crippen molar-refractivity contribution >= 4 is 22.9 Å². The predicted molar refractivity (Wildman–Crippen MR) is 81.7 cm³/mol. The van der Waals surface area contributed by atoms with Gasteiger partial charge in [0.1, 0.15) is 6.54 Å². The molecule has 1 N–H and O–H groups in total. The Balaban J connectivity index is 2.05. The number of carbonyl (C=O) groups excluding carboxylic acids is 1. The monoisotopic (exact) mass is 348 g/mol. The average molecular weight is 348 g/mol. The Morgan fingerprint density at radius 3 is 2.72 bits per heavy atom. The van der Waals surface area contributed by atoms with E-state index in [1.165, 1.54) is 35.1 Å². The van der Waals surface area contributed by atoms with Crippen molar-refractivity contribution < 1.29 is 18.0 Å². The molecule has 10 heteroatoms. The maximum absolute atomic E-state index is 12.9. The van der Waals surface area contributed by atoms with Gasteiger partial charge in [0.25, 0.3) is 5.91 Å². The summed E-state index contributed by atoms with van der Waals surface area (Å²) in [7, 11) is 1.61. The Bertz CT molecular complexity index is 995. The lowest BCUT2D eigenvalue weighted by Gasteiger charge is -2.12. The third-order valence-corrected chi connectivity index (χ3v) is 3.39. The highest BCUT2D eigenvalue weighted by Gasteiger charge is 2.31. The van der Waals surface area contributed by atoms with Gasteiger partial charge in [0.05, 0.1) is 22.7 Å². The molecule has 0 atom stereocenters. The zero-order valence-electron chi connectivity index (χ0n) is 12.9. The molecule has 128 valence electrons. The summed E-state index contributed by atoms with van der Waals surface area (Å²) in [6.45, 7) is -1.35. The lowest BCUT2D eigenvalue weighted by molar-refractivity contribution is -0.139. The topological polar surface area (TPSA) is 88.5 Å². The second-order valence-corrected chi connectivity index (χ2v) is 5.28. The number of hydrogen-bond acceptors (Lipinski definition) is 4. The summed E-state index contributed by atoms with van der Waals surface area (Å²) >= 11 is 0. The number of amides is 1. The molecule has 0 aliphatic rings. The Hall–Kier alpha value is -3.35. The molecule has 0 fully saturated rings. The lowest BCUT2D eigenvalue weighted by Crippen LogP contribution is -2.22. The summed E-state index contributed by atoms with van der Waals surface area (Å²) in [4.78, 5) is 16.2. The van der Waals surface area contributed by atoms with E-state index in [0.29, 0.717) is 0 Å². The fourth-order valence-corrected chi connectivity index (χ4v) is 2.33. The molecule has 2 aromatic heterocycles. The summed E-state index contributed by atoms with van der Waals surface area (Å²) in [5.41, 5.74) is 0.580. The third-order valence-electron chi connectivity index (χ3n) is 3.39. The van der Waals surface area contributed by atoms with E-state index in [1.807, 2.05) is 6.07 Å². The number of hydrogen-bond donors (Lipinski definition) is 1. The summed E-state index contributed by atoms with van der Waals surface area (Å²) in [5.74, 6) is -0.946. The number of rotatable bonds is 3. The molecule has 1 aromatic carbocycles. The number of anilines is 1. The van der Waals surface area contributed by atoms with Gasteiger partial charge in [-0.3, -0.25) is 14.8 Å². The first-order chi connectivity index (χ1) is 11.8. The molecule has 3 aromatic rings. The number of halogens is 3. The fourth-order valence-electron chi connectivity index (χ4n) is 2.33. The highest BCUT2D eigenvalue weighted by molar-refractivity contribution is 6.02. The number of nitrogens with zero attached hydrogens (tertiary/aromatic N) is 5. The molecule has 0 radical (unpaired) electrons. The smallest absolute Gasteiger partial charge is 0.301 e. The summed E-state index contributed by atoms with van der Waals surface area (Å²) < 4.78 is 41.0. The van der Waals surface area contributed by atoms with Crippen molar-refractivity contribution in [1.29, 1.82) is 5.26 Å². The van der Waals surface area contributed by atoms with Crippen molar-refractivity contribution in [3.05, 3.63) is 41.7 Å². The van der Waals surface area contributed by atoms with E-state index in [9.17, 15) is 18.0 Å². The second kappa shape index (κ2) is 5.94. The minimum absolute atomic E-state index is 0.0471. The first kappa shape index (κ1) is 16.5. The van der Waals surface area contributed by atoms with Gasteiger partial charge in [-0.1, -0.05) is 0 Å². The number of imidazole rings is 1. The number of nitriles is 1. The molecule has 0 spiro atoms. The highest BCUT2D eigenvalue weighted by atomic mass is 19.4. The van der Waals surface area contributed by atoms with Crippen LogP contribution in [-0.2, 0) is 13.6 Å². The van der Waals surface area contributed by atoms with Crippen molar-refractivity contribution in [3.8, 4) is 6.07 Å². The molecule has 25 heavy (non-hydrogen) atoms. The zero-order valence-corrected chi connectivity index (χ0v) is 12.9. The number of benzene rings is 1. The van der Waals surface area contributed by atoms with E-state index in [1.54, 1.807) is 7.05 Å². The van der Waals surface area contributed by atoms with Crippen LogP contribution >= 0.6 is 0 Å². The van der Waals surface area contributed by atoms with Crippen molar-refractivity contribution in [2.75, 3.05) is 5.32 Å². The Morgan fingerprint density at radius 2 is 2.12 bits per heavy atom. The number of nitrogens with one attached hydrogen (secondary N) is 1. The van der Waals surface area contributed by atoms with Gasteiger partial charge < -0.3 is 4.57 Å². The van der Waals surface area contributed by atoms with E-state index in [4.69, 9.17) is 5.26 Å². The maximum atomic E-state index is 12.9. The standard InChI is InChI=1S/C15H11F3N6O/c1-23-5-4-11(22-23)13(25)21-14-20-10-3-2-9(7-19)6-12(10)24(14)8-15(16,17)18/h2-6H,8H2,1H3,(H,20,21,25). The molecule has 2 heterocycles. The lowest BCUT2D eigenvalue weighted by atomic mass is 10.2. The van der Waals surface area contributed by atoms with E-state index in [0.717, 1.165) is 4.57 Å². The zero-order chi connectivity index (χ0) is 18.2. The van der Waals surface area contributed by atoms with Crippen LogP contribution in [0.1, 0.15) is 16.1 Å². The van der Waals surface area contributed by atoms with Crippen molar-refractivity contribution in [1.82, 2.24) is 19.3 Å². The molecule has 0 aliphatic heterocycles. The van der Waals surface area contributed by atoms with E-state index >= 15 is 0 Å². The normalized spacial score (nSPS) is 11.5. The molecule has 0 unspecified atom stereocenters. The SMILES string of the molecule is Cn1ccc(C(=O)Nc2nc3ccc(C#N)cc3n2CC(F)(F)F)n1. The van der Waals surface area contributed by atoms with Crippen molar-refractivity contribution in [3.63, 3.8) is 0 Å². The Kier molecular flexibility index (Phi) is 3.92. The number of alkyl halides is 3. The number of fused-ring (bicyclic) bond motifs is 1. The molecule has 7 nitrogen and oxygen atoms in total. The van der Waals surface area contributed by atoms with Crippen LogP contribution in [0.3, 0.4) is 0 Å². The molecule has 1 amide bonds. The molecule has 3 rings (SSSR count). The van der Waals surface area contributed by atoms with Gasteiger partial charge in [0, 0.05) is 13.2 Å². The molecule has 0 saturated carbocycles. The Morgan fingerprint density at radius 1 is 1.36 bits per heavy atom. The fraction of sp³-hybridized carbons (Fsp3) is 0.200. The Labute approximate surface area is 139 Å². The second-order valence-electron chi connectivity index (χ2n) is 5.28. The van der Waals surface area contributed by atoms with Crippen molar-refractivity contribution in [2.45, 2.75) is 12.7 Å². The van der Waals surface area contributed by atoms with Crippen LogP contribution in [0.2, 0.25) is 0 Å². The first-order valence-electron chi connectivity index (χ1n) is 7.05. The number of aryl methyl sites for hydroxylation is 1. The van der Waals surface area contributed by atoms with Gasteiger partial charge in [-0.05, 0) is 24.3 Å². The van der Waals surface area contributed by atoms with Gasteiger partial charge in [-0.15, -0.1) is 0 Å². The molecule has 0 saturated heterocycles. The van der Waals surface area contributed by atoms with Gasteiger partial charge in [0.15, 0.2) is 5.69 Å².